The van der Waals surface area contributed by atoms with Crippen molar-refractivity contribution in [3.8, 4) is 34.1 Å². The first-order valence-electron chi connectivity index (χ1n) is 15.0. The molecule has 1 N–H and O–H groups in total. The summed E-state index contributed by atoms with van der Waals surface area (Å²) in [4.78, 5) is 43.5. The lowest BCUT2D eigenvalue weighted by Crippen LogP contribution is -2.32. The minimum atomic E-state index is -5.10. The number of aromatic carboxylic acids is 1. The van der Waals surface area contributed by atoms with Crippen LogP contribution in [0.5, 0.6) is 5.88 Å². The van der Waals surface area contributed by atoms with Crippen LogP contribution in [0.4, 0.5) is 31.1 Å². The number of pyridine rings is 1. The molecule has 6 rings (SSSR count). The molecule has 2 aromatic carbocycles. The van der Waals surface area contributed by atoms with E-state index in [1.54, 1.807) is 25.3 Å². The van der Waals surface area contributed by atoms with Gasteiger partial charge in [0.1, 0.15) is 12.4 Å². The normalized spacial score (nSPS) is 16.3. The van der Waals surface area contributed by atoms with E-state index in [-0.39, 0.29) is 35.7 Å². The predicted molar refractivity (Wildman–Crippen MR) is 167 cm³/mol. The fourth-order valence-corrected chi connectivity index (χ4v) is 5.79. The van der Waals surface area contributed by atoms with Gasteiger partial charge in [-0.1, -0.05) is 6.07 Å². The van der Waals surface area contributed by atoms with Gasteiger partial charge in [-0.25, -0.2) is 29.5 Å². The van der Waals surface area contributed by atoms with Gasteiger partial charge in [0.15, 0.2) is 0 Å². The Labute approximate surface area is 285 Å². The summed E-state index contributed by atoms with van der Waals surface area (Å²) >= 11 is 0. The van der Waals surface area contributed by atoms with Crippen LogP contribution in [0.1, 0.15) is 51.3 Å². The number of rotatable bonds is 8. The number of alkyl halides is 6. The molecule has 1 amide bonds. The fraction of sp³-hybridized carbons (Fsp3) is 0.235. The number of nitrogens with zero attached hydrogens (tertiary/aromatic N) is 6. The number of cyclic esters (lactones) is 1. The zero-order valence-corrected chi connectivity index (χ0v) is 26.8. The average molecular weight is 713 g/mol. The van der Waals surface area contributed by atoms with E-state index >= 15 is 0 Å². The molecule has 264 valence electrons. The van der Waals surface area contributed by atoms with E-state index in [1.807, 2.05) is 0 Å². The van der Waals surface area contributed by atoms with Crippen molar-refractivity contribution in [3.63, 3.8) is 0 Å². The molecule has 0 saturated carbocycles. The maximum absolute atomic E-state index is 13.6. The summed E-state index contributed by atoms with van der Waals surface area (Å²) in [6.45, 7) is 2.85. The highest BCUT2D eigenvalue weighted by Crippen LogP contribution is 2.42. The van der Waals surface area contributed by atoms with E-state index in [0.29, 0.717) is 39.9 Å². The van der Waals surface area contributed by atoms with E-state index in [0.717, 1.165) is 4.90 Å². The summed E-state index contributed by atoms with van der Waals surface area (Å²) in [6, 6.07) is 6.32. The van der Waals surface area contributed by atoms with Crippen LogP contribution in [0.25, 0.3) is 28.2 Å². The number of aryl methyl sites for hydroxylation is 1. The molecule has 1 saturated heterocycles. The Morgan fingerprint density at radius 1 is 0.961 bits per heavy atom. The summed E-state index contributed by atoms with van der Waals surface area (Å²) < 4.78 is 94.3. The van der Waals surface area contributed by atoms with Crippen LogP contribution in [0, 0.1) is 6.92 Å². The zero-order chi connectivity index (χ0) is 36.8. The zero-order valence-electron chi connectivity index (χ0n) is 26.8. The lowest BCUT2D eigenvalue weighted by atomic mass is 9.96. The molecule has 0 unspecified atom stereocenters. The van der Waals surface area contributed by atoms with Gasteiger partial charge in [0.2, 0.25) is 11.8 Å². The summed E-state index contributed by atoms with van der Waals surface area (Å²) in [6.07, 6.45) is -5.22. The first-order valence-corrected chi connectivity index (χ1v) is 15.0. The van der Waals surface area contributed by atoms with Crippen LogP contribution in [-0.4, -0.2) is 59.7 Å². The minimum Gasteiger partial charge on any atom is -0.481 e. The molecule has 1 fully saturated rings. The Hall–Kier alpha value is -6.00. The summed E-state index contributed by atoms with van der Waals surface area (Å²) in [5.74, 6) is -0.819. The molecule has 5 aromatic rings. The van der Waals surface area contributed by atoms with Crippen LogP contribution in [0.3, 0.4) is 0 Å². The van der Waals surface area contributed by atoms with Gasteiger partial charge in [0.25, 0.3) is 0 Å². The number of carbonyl (C=O) groups excluding carboxylic acids is 1. The van der Waals surface area contributed by atoms with Crippen LogP contribution >= 0.6 is 0 Å². The van der Waals surface area contributed by atoms with E-state index in [1.165, 1.54) is 55.7 Å². The smallest absolute Gasteiger partial charge is 0.416 e. The summed E-state index contributed by atoms with van der Waals surface area (Å²) in [7, 11) is 1.38. The van der Waals surface area contributed by atoms with Crippen LogP contribution < -0.4 is 4.74 Å². The number of ether oxygens (including phenoxy) is 2. The highest BCUT2D eigenvalue weighted by Gasteiger charge is 2.43. The minimum absolute atomic E-state index is 0.00502. The van der Waals surface area contributed by atoms with Gasteiger partial charge in [-0.15, -0.1) is 0 Å². The van der Waals surface area contributed by atoms with Crippen molar-refractivity contribution in [2.75, 3.05) is 7.11 Å². The number of carbonyl (C=O) groups is 2. The van der Waals surface area contributed by atoms with Gasteiger partial charge in [-0.2, -0.15) is 26.3 Å². The molecule has 3 aromatic heterocycles. The number of halogens is 6. The second-order valence-electron chi connectivity index (χ2n) is 11.6. The van der Waals surface area contributed by atoms with Gasteiger partial charge in [-0.05, 0) is 66.9 Å². The van der Waals surface area contributed by atoms with E-state index in [4.69, 9.17) is 9.47 Å². The number of carboxylic acid groups (broad SMARTS) is 1. The quantitative estimate of drug-likeness (QED) is 0.162. The number of amides is 1. The predicted octanol–water partition coefficient (Wildman–Crippen LogP) is 7.53. The lowest BCUT2D eigenvalue weighted by Gasteiger charge is -2.23. The highest BCUT2D eigenvalue weighted by atomic mass is 19.4. The van der Waals surface area contributed by atoms with Crippen molar-refractivity contribution >= 4 is 12.1 Å². The molecule has 11 nitrogen and oxygen atoms in total. The SMILES string of the molecule is COc1ncc(-c2ccc(C(=O)O)cc2C)cc1-c1cnc(-n2ccnc2)nc1CN1C(=O)O[C@H](c2cc(C(F)(F)F)cc(C(F)(F)F)c2)[C@@H]1C. The average Bonchev–Trinajstić information content (AvgIpc) is 3.72. The van der Waals surface area contributed by atoms with E-state index in [2.05, 4.69) is 19.9 Å². The lowest BCUT2D eigenvalue weighted by molar-refractivity contribution is -0.143. The van der Waals surface area contributed by atoms with Gasteiger partial charge < -0.3 is 14.6 Å². The number of aromatic nitrogens is 5. The molecule has 2 atom stereocenters. The number of imidazole rings is 1. The second-order valence-corrected chi connectivity index (χ2v) is 11.6. The van der Waals surface area contributed by atoms with E-state index in [9.17, 15) is 41.0 Å². The topological polar surface area (TPSA) is 133 Å². The molecule has 17 heteroatoms. The first kappa shape index (κ1) is 34.8. The van der Waals surface area contributed by atoms with Gasteiger partial charge >= 0.3 is 24.4 Å². The molecule has 51 heavy (non-hydrogen) atoms. The third-order valence-electron chi connectivity index (χ3n) is 8.36. The fourth-order valence-electron chi connectivity index (χ4n) is 5.79. The van der Waals surface area contributed by atoms with Gasteiger partial charge in [0.05, 0.1) is 42.1 Å². The first-order chi connectivity index (χ1) is 24.0. The molecule has 1 aliphatic rings. The maximum atomic E-state index is 13.6. The Morgan fingerprint density at radius 2 is 1.67 bits per heavy atom. The van der Waals surface area contributed by atoms with Crippen molar-refractivity contribution in [2.45, 2.75) is 44.9 Å². The number of benzene rings is 2. The third-order valence-corrected chi connectivity index (χ3v) is 8.36. The van der Waals surface area contributed by atoms with Crippen molar-refractivity contribution in [3.05, 3.63) is 107 Å². The van der Waals surface area contributed by atoms with Gasteiger partial charge in [0, 0.05) is 41.5 Å². The maximum Gasteiger partial charge on any atom is 0.416 e. The van der Waals surface area contributed by atoms with E-state index < -0.39 is 53.3 Å². The van der Waals surface area contributed by atoms with Crippen LogP contribution in [0.15, 0.2) is 73.6 Å². The molecular weight excluding hydrogens is 686 g/mol. The Balaban J connectivity index is 1.43. The summed E-state index contributed by atoms with van der Waals surface area (Å²) in [5.41, 5.74) is -0.694. The number of methoxy groups -OCH3 is 1. The molecular formula is C34H26F6N6O5. The summed E-state index contributed by atoms with van der Waals surface area (Å²) in [5, 5.41) is 9.40. The van der Waals surface area contributed by atoms with Crippen LogP contribution in [0.2, 0.25) is 0 Å². The van der Waals surface area contributed by atoms with Crippen molar-refractivity contribution in [1.29, 1.82) is 0 Å². The molecule has 4 heterocycles. The van der Waals surface area contributed by atoms with Gasteiger partial charge in [-0.3, -0.25) is 9.47 Å². The van der Waals surface area contributed by atoms with Crippen molar-refractivity contribution in [2.24, 2.45) is 0 Å². The molecule has 0 bridgehead atoms. The Kier molecular flexibility index (Phi) is 8.91. The highest BCUT2D eigenvalue weighted by molar-refractivity contribution is 5.89. The monoisotopic (exact) mass is 712 g/mol. The van der Waals surface area contributed by atoms with Crippen LogP contribution in [-0.2, 0) is 23.6 Å². The Bertz CT molecular complexity index is 2110. The standard InChI is InChI=1S/C34H26F6N6O5/c1-17-8-19(30(47)48)4-5-24(17)21-11-25(29(50-3)42-13-21)26-14-43-31(45-7-6-41-16-45)44-27(26)15-46-18(2)28(51-32(46)49)20-9-22(33(35,36)37)12-23(10-20)34(38,39)40/h4-14,16,18,28H,15H2,1-3H3,(H,47,48)/t18-,28-/m0/s1. The molecule has 0 aliphatic carbocycles. The molecule has 1 aliphatic heterocycles. The molecule has 0 spiro atoms. The largest absolute Gasteiger partial charge is 0.481 e. The van der Waals surface area contributed by atoms with Crippen molar-refractivity contribution < 1.29 is 50.5 Å². The number of carboxylic acids is 1. The number of hydrogen-bond donors (Lipinski definition) is 1. The number of hydrogen-bond acceptors (Lipinski definition) is 8. The molecule has 0 radical (unpaired) electrons. The third kappa shape index (κ3) is 6.91. The van der Waals surface area contributed by atoms with Crippen molar-refractivity contribution in [1.82, 2.24) is 29.4 Å². The second kappa shape index (κ2) is 13.0. The Morgan fingerprint density at radius 3 is 2.25 bits per heavy atom.